The molecule has 0 amide bonds. The Morgan fingerprint density at radius 3 is 2.87 bits per heavy atom. The molecule has 0 aliphatic carbocycles. The van der Waals surface area contributed by atoms with Gasteiger partial charge >= 0.3 is 0 Å². The molecule has 82 valence electrons. The molecule has 1 saturated heterocycles. The van der Waals surface area contributed by atoms with Crippen molar-refractivity contribution < 1.29 is 4.74 Å². The summed E-state index contributed by atoms with van der Waals surface area (Å²) in [5, 5.41) is 0. The van der Waals surface area contributed by atoms with Gasteiger partial charge in [-0.1, -0.05) is 0 Å². The van der Waals surface area contributed by atoms with Crippen LogP contribution in [0.2, 0.25) is 0 Å². The number of nitrogen functional groups attached to an aromatic ring is 1. The highest BCUT2D eigenvalue weighted by molar-refractivity contribution is 5.30. The number of ether oxygens (including phenoxy) is 1. The normalized spacial score (nSPS) is 16.8. The highest BCUT2D eigenvalue weighted by Crippen LogP contribution is 2.09. The molecule has 0 bridgehead atoms. The number of nitrogens with zero attached hydrogens (tertiary/aromatic N) is 3. The van der Waals surface area contributed by atoms with E-state index >= 15 is 0 Å². The molecule has 0 radical (unpaired) electrons. The zero-order valence-electron chi connectivity index (χ0n) is 8.72. The van der Waals surface area contributed by atoms with Gasteiger partial charge in [0.05, 0.1) is 0 Å². The number of likely N-dealkylation sites (tertiary alicyclic amines) is 1. The standard InChI is InChI=1S/C10H16N4O/c11-9-7-10(13-8-12-9)15-6-5-14-3-1-2-4-14/h7-8H,1-6H2,(H2,11,12,13). The quantitative estimate of drug-likeness (QED) is 0.782. The summed E-state index contributed by atoms with van der Waals surface area (Å²) in [6.45, 7) is 4.00. The van der Waals surface area contributed by atoms with Crippen LogP contribution in [0.25, 0.3) is 0 Å². The Morgan fingerprint density at radius 1 is 1.33 bits per heavy atom. The first-order valence-corrected chi connectivity index (χ1v) is 5.27. The summed E-state index contributed by atoms with van der Waals surface area (Å²) in [6, 6.07) is 1.64. The van der Waals surface area contributed by atoms with E-state index in [1.165, 1.54) is 32.3 Å². The van der Waals surface area contributed by atoms with Gasteiger partial charge in [0.2, 0.25) is 5.88 Å². The van der Waals surface area contributed by atoms with E-state index in [1.807, 2.05) is 0 Å². The molecule has 2 heterocycles. The first kappa shape index (κ1) is 10.2. The Labute approximate surface area is 89.3 Å². The van der Waals surface area contributed by atoms with E-state index in [9.17, 15) is 0 Å². The molecule has 1 aliphatic rings. The Morgan fingerprint density at radius 2 is 2.13 bits per heavy atom. The van der Waals surface area contributed by atoms with Crippen molar-refractivity contribution in [3.05, 3.63) is 12.4 Å². The second kappa shape index (κ2) is 4.93. The van der Waals surface area contributed by atoms with E-state index in [2.05, 4.69) is 14.9 Å². The molecule has 0 aromatic carbocycles. The summed E-state index contributed by atoms with van der Waals surface area (Å²) < 4.78 is 5.48. The first-order chi connectivity index (χ1) is 7.34. The lowest BCUT2D eigenvalue weighted by molar-refractivity contribution is 0.232. The molecule has 2 N–H and O–H groups in total. The minimum Gasteiger partial charge on any atom is -0.476 e. The highest BCUT2D eigenvalue weighted by Gasteiger charge is 2.10. The third-order valence-electron chi connectivity index (χ3n) is 2.52. The Kier molecular flexibility index (Phi) is 3.34. The predicted octanol–water partition coefficient (Wildman–Crippen LogP) is 0.533. The minimum absolute atomic E-state index is 0.446. The van der Waals surface area contributed by atoms with Gasteiger partial charge in [-0.3, -0.25) is 4.90 Å². The van der Waals surface area contributed by atoms with E-state index < -0.39 is 0 Å². The van der Waals surface area contributed by atoms with Gasteiger partial charge in [-0.15, -0.1) is 0 Å². The minimum atomic E-state index is 0.446. The molecule has 0 atom stereocenters. The second-order valence-corrected chi connectivity index (χ2v) is 3.68. The smallest absolute Gasteiger partial charge is 0.218 e. The molecule has 0 saturated carbocycles. The van der Waals surface area contributed by atoms with Gasteiger partial charge in [-0.2, -0.15) is 0 Å². The van der Waals surface area contributed by atoms with Gasteiger partial charge in [0.1, 0.15) is 18.8 Å². The Hall–Kier alpha value is -1.36. The molecule has 15 heavy (non-hydrogen) atoms. The number of rotatable bonds is 4. The molecule has 5 heteroatoms. The van der Waals surface area contributed by atoms with Crippen molar-refractivity contribution >= 4 is 5.82 Å². The van der Waals surface area contributed by atoms with Crippen molar-refractivity contribution in [2.45, 2.75) is 12.8 Å². The fourth-order valence-corrected chi connectivity index (χ4v) is 1.72. The largest absolute Gasteiger partial charge is 0.476 e. The maximum Gasteiger partial charge on any atom is 0.218 e. The van der Waals surface area contributed by atoms with Crippen LogP contribution in [0.4, 0.5) is 5.82 Å². The fourth-order valence-electron chi connectivity index (χ4n) is 1.72. The summed E-state index contributed by atoms with van der Waals surface area (Å²) in [7, 11) is 0. The van der Waals surface area contributed by atoms with Crippen molar-refractivity contribution in [2.75, 3.05) is 32.0 Å². The lowest BCUT2D eigenvalue weighted by Gasteiger charge is -2.14. The molecule has 2 rings (SSSR count). The lowest BCUT2D eigenvalue weighted by Crippen LogP contribution is -2.25. The van der Waals surface area contributed by atoms with E-state index in [-0.39, 0.29) is 0 Å². The number of aromatic nitrogens is 2. The zero-order chi connectivity index (χ0) is 10.5. The Balaban J connectivity index is 1.73. The van der Waals surface area contributed by atoms with Crippen LogP contribution >= 0.6 is 0 Å². The van der Waals surface area contributed by atoms with Gasteiger partial charge in [-0.05, 0) is 25.9 Å². The molecule has 5 nitrogen and oxygen atoms in total. The SMILES string of the molecule is Nc1cc(OCCN2CCCC2)ncn1. The maximum atomic E-state index is 5.51. The van der Waals surface area contributed by atoms with Crippen molar-refractivity contribution in [3.8, 4) is 5.88 Å². The molecular weight excluding hydrogens is 192 g/mol. The topological polar surface area (TPSA) is 64.3 Å². The highest BCUT2D eigenvalue weighted by atomic mass is 16.5. The van der Waals surface area contributed by atoms with Gasteiger partial charge in [0.15, 0.2) is 0 Å². The van der Waals surface area contributed by atoms with Crippen LogP contribution in [0.15, 0.2) is 12.4 Å². The monoisotopic (exact) mass is 208 g/mol. The third kappa shape index (κ3) is 3.06. The summed E-state index contributed by atoms with van der Waals surface area (Å²) in [5.41, 5.74) is 5.51. The summed E-state index contributed by atoms with van der Waals surface area (Å²) in [5.74, 6) is 1.00. The number of hydrogen-bond donors (Lipinski definition) is 1. The van der Waals surface area contributed by atoms with E-state index in [0.717, 1.165) is 6.54 Å². The molecule has 1 aromatic rings. The van der Waals surface area contributed by atoms with Crippen molar-refractivity contribution in [1.29, 1.82) is 0 Å². The van der Waals surface area contributed by atoms with Crippen molar-refractivity contribution in [2.24, 2.45) is 0 Å². The molecule has 0 unspecified atom stereocenters. The summed E-state index contributed by atoms with van der Waals surface area (Å²) in [6.07, 6.45) is 4.03. The number of nitrogens with two attached hydrogens (primary N) is 1. The molecular formula is C10H16N4O. The van der Waals surface area contributed by atoms with Crippen LogP contribution in [0.5, 0.6) is 5.88 Å². The van der Waals surface area contributed by atoms with Crippen molar-refractivity contribution in [3.63, 3.8) is 0 Å². The van der Waals surface area contributed by atoms with Gasteiger partial charge in [0.25, 0.3) is 0 Å². The van der Waals surface area contributed by atoms with Crippen LogP contribution in [0.1, 0.15) is 12.8 Å². The average molecular weight is 208 g/mol. The van der Waals surface area contributed by atoms with Gasteiger partial charge < -0.3 is 10.5 Å². The number of hydrogen-bond acceptors (Lipinski definition) is 5. The summed E-state index contributed by atoms with van der Waals surface area (Å²) in [4.78, 5) is 10.2. The van der Waals surface area contributed by atoms with E-state index in [4.69, 9.17) is 10.5 Å². The second-order valence-electron chi connectivity index (χ2n) is 3.68. The van der Waals surface area contributed by atoms with Crippen LogP contribution < -0.4 is 10.5 Å². The van der Waals surface area contributed by atoms with Gasteiger partial charge in [-0.25, -0.2) is 9.97 Å². The van der Waals surface area contributed by atoms with Crippen LogP contribution in [0.3, 0.4) is 0 Å². The van der Waals surface area contributed by atoms with Crippen molar-refractivity contribution in [1.82, 2.24) is 14.9 Å². The van der Waals surface area contributed by atoms with Gasteiger partial charge in [0, 0.05) is 12.6 Å². The predicted molar refractivity (Wildman–Crippen MR) is 57.6 cm³/mol. The lowest BCUT2D eigenvalue weighted by atomic mass is 10.4. The van der Waals surface area contributed by atoms with E-state index in [0.29, 0.717) is 18.3 Å². The molecule has 1 fully saturated rings. The van der Waals surface area contributed by atoms with Crippen LogP contribution in [-0.2, 0) is 0 Å². The van der Waals surface area contributed by atoms with E-state index in [1.54, 1.807) is 6.07 Å². The Bertz CT molecular complexity index is 312. The molecule has 0 spiro atoms. The zero-order valence-corrected chi connectivity index (χ0v) is 8.72. The maximum absolute atomic E-state index is 5.51. The third-order valence-corrected chi connectivity index (χ3v) is 2.52. The van der Waals surface area contributed by atoms with Crippen LogP contribution in [-0.4, -0.2) is 41.1 Å². The van der Waals surface area contributed by atoms with Crippen LogP contribution in [0, 0.1) is 0 Å². The fraction of sp³-hybridized carbons (Fsp3) is 0.600. The molecule has 1 aliphatic heterocycles. The average Bonchev–Trinajstić information content (AvgIpc) is 2.71. The summed E-state index contributed by atoms with van der Waals surface area (Å²) >= 11 is 0. The first-order valence-electron chi connectivity index (χ1n) is 5.27. The molecule has 1 aromatic heterocycles. The number of anilines is 1.